The van der Waals surface area contributed by atoms with Crippen LogP contribution < -0.4 is 4.90 Å². The summed E-state index contributed by atoms with van der Waals surface area (Å²) in [6, 6.07) is 5.48. The third-order valence-corrected chi connectivity index (χ3v) is 3.66. The molecule has 2 nitrogen and oxygen atoms in total. The van der Waals surface area contributed by atoms with Crippen LogP contribution in [0, 0.1) is 5.82 Å². The molecule has 0 amide bonds. The van der Waals surface area contributed by atoms with Gasteiger partial charge in [0.15, 0.2) is 0 Å². The summed E-state index contributed by atoms with van der Waals surface area (Å²) in [5.41, 5.74) is 1.72. The third-order valence-electron chi connectivity index (χ3n) is 3.01. The van der Waals surface area contributed by atoms with E-state index >= 15 is 0 Å². The summed E-state index contributed by atoms with van der Waals surface area (Å²) < 4.78 is 13.8. The van der Waals surface area contributed by atoms with E-state index in [4.69, 9.17) is 0 Å². The standard InChI is InChI=1S/C12H16BrFN2/c1-15-4-6-16(7-5-15)12-3-2-10(9-13)8-11(12)14/h2-3,8H,4-7,9H2,1H3. The molecule has 0 bridgehead atoms. The molecular formula is C12H16BrFN2. The van der Waals surface area contributed by atoms with Crippen LogP contribution in [0.3, 0.4) is 0 Å². The molecule has 0 radical (unpaired) electrons. The van der Waals surface area contributed by atoms with E-state index in [1.165, 1.54) is 0 Å². The molecule has 0 spiro atoms. The summed E-state index contributed by atoms with van der Waals surface area (Å²) >= 11 is 3.33. The van der Waals surface area contributed by atoms with Gasteiger partial charge in [-0.2, -0.15) is 0 Å². The quantitative estimate of drug-likeness (QED) is 0.771. The zero-order valence-corrected chi connectivity index (χ0v) is 11.0. The predicted molar refractivity (Wildman–Crippen MR) is 68.7 cm³/mol. The molecular weight excluding hydrogens is 271 g/mol. The molecule has 16 heavy (non-hydrogen) atoms. The highest BCUT2D eigenvalue weighted by Gasteiger charge is 2.17. The molecule has 1 aliphatic rings. The lowest BCUT2D eigenvalue weighted by Gasteiger charge is -2.34. The fraction of sp³-hybridized carbons (Fsp3) is 0.500. The Bertz CT molecular complexity index is 362. The molecule has 0 aliphatic carbocycles. The first-order chi connectivity index (χ1) is 7.70. The number of benzene rings is 1. The minimum atomic E-state index is -0.110. The van der Waals surface area contributed by atoms with Gasteiger partial charge in [0, 0.05) is 31.5 Å². The van der Waals surface area contributed by atoms with Crippen LogP contribution in [0.4, 0.5) is 10.1 Å². The predicted octanol–water partition coefficient (Wildman–Crippen LogP) is 2.47. The Morgan fingerprint density at radius 2 is 1.94 bits per heavy atom. The van der Waals surface area contributed by atoms with E-state index in [0.717, 1.165) is 37.4 Å². The van der Waals surface area contributed by atoms with E-state index in [1.807, 2.05) is 12.1 Å². The van der Waals surface area contributed by atoms with Gasteiger partial charge in [0.2, 0.25) is 0 Å². The van der Waals surface area contributed by atoms with Crippen molar-refractivity contribution < 1.29 is 4.39 Å². The molecule has 1 fully saturated rings. The highest BCUT2D eigenvalue weighted by Crippen LogP contribution is 2.22. The van der Waals surface area contributed by atoms with Crippen molar-refractivity contribution in [3.05, 3.63) is 29.6 Å². The molecule has 1 saturated heterocycles. The van der Waals surface area contributed by atoms with Crippen LogP contribution in [-0.2, 0) is 5.33 Å². The second-order valence-corrected chi connectivity index (χ2v) is 4.77. The third kappa shape index (κ3) is 2.55. The van der Waals surface area contributed by atoms with Crippen LogP contribution >= 0.6 is 15.9 Å². The van der Waals surface area contributed by atoms with Gasteiger partial charge in [-0.25, -0.2) is 4.39 Å². The number of hydrogen-bond acceptors (Lipinski definition) is 2. The number of likely N-dealkylation sites (N-methyl/N-ethyl adjacent to an activating group) is 1. The Labute approximate surface area is 104 Å². The van der Waals surface area contributed by atoms with E-state index in [0.29, 0.717) is 5.33 Å². The Morgan fingerprint density at radius 3 is 2.50 bits per heavy atom. The van der Waals surface area contributed by atoms with Gasteiger partial charge in [0.05, 0.1) is 5.69 Å². The topological polar surface area (TPSA) is 6.48 Å². The minimum absolute atomic E-state index is 0.110. The van der Waals surface area contributed by atoms with Gasteiger partial charge in [-0.1, -0.05) is 22.0 Å². The van der Waals surface area contributed by atoms with Crippen molar-refractivity contribution >= 4 is 21.6 Å². The fourth-order valence-corrected chi connectivity index (χ4v) is 2.29. The molecule has 88 valence electrons. The second kappa shape index (κ2) is 5.15. The van der Waals surface area contributed by atoms with Gasteiger partial charge in [0.1, 0.15) is 5.82 Å². The van der Waals surface area contributed by atoms with Crippen LogP contribution in [-0.4, -0.2) is 38.1 Å². The lowest BCUT2D eigenvalue weighted by Crippen LogP contribution is -2.44. The minimum Gasteiger partial charge on any atom is -0.367 e. The number of nitrogens with zero attached hydrogens (tertiary/aromatic N) is 2. The fourth-order valence-electron chi connectivity index (χ4n) is 1.94. The van der Waals surface area contributed by atoms with Gasteiger partial charge in [-0.15, -0.1) is 0 Å². The van der Waals surface area contributed by atoms with Crippen LogP contribution in [0.1, 0.15) is 5.56 Å². The summed E-state index contributed by atoms with van der Waals surface area (Å²) in [4.78, 5) is 4.38. The monoisotopic (exact) mass is 286 g/mol. The maximum absolute atomic E-state index is 13.8. The molecule has 0 aromatic heterocycles. The second-order valence-electron chi connectivity index (χ2n) is 4.21. The molecule has 1 aromatic rings. The SMILES string of the molecule is CN1CCN(c2ccc(CBr)cc2F)CC1. The van der Waals surface area contributed by atoms with E-state index in [9.17, 15) is 4.39 Å². The molecule has 0 N–H and O–H groups in total. The zero-order valence-electron chi connectivity index (χ0n) is 9.42. The first-order valence-corrected chi connectivity index (χ1v) is 6.61. The van der Waals surface area contributed by atoms with Crippen molar-refractivity contribution in [2.45, 2.75) is 5.33 Å². The van der Waals surface area contributed by atoms with Crippen molar-refractivity contribution in [1.82, 2.24) is 4.90 Å². The highest BCUT2D eigenvalue weighted by atomic mass is 79.9. The van der Waals surface area contributed by atoms with Crippen molar-refractivity contribution in [2.24, 2.45) is 0 Å². The summed E-state index contributed by atoms with van der Waals surface area (Å²) in [5.74, 6) is -0.110. The summed E-state index contributed by atoms with van der Waals surface area (Å²) in [7, 11) is 2.10. The van der Waals surface area contributed by atoms with Gasteiger partial charge < -0.3 is 9.80 Å². The number of hydrogen-bond donors (Lipinski definition) is 0. The maximum atomic E-state index is 13.8. The van der Waals surface area contributed by atoms with E-state index < -0.39 is 0 Å². The van der Waals surface area contributed by atoms with E-state index in [1.54, 1.807) is 6.07 Å². The highest BCUT2D eigenvalue weighted by molar-refractivity contribution is 9.08. The maximum Gasteiger partial charge on any atom is 0.146 e. The van der Waals surface area contributed by atoms with Gasteiger partial charge in [-0.3, -0.25) is 0 Å². The average Bonchev–Trinajstić information content (AvgIpc) is 2.30. The molecule has 0 unspecified atom stereocenters. The Morgan fingerprint density at radius 1 is 1.25 bits per heavy atom. The molecule has 0 saturated carbocycles. The van der Waals surface area contributed by atoms with Crippen molar-refractivity contribution in [3.8, 4) is 0 Å². The number of halogens is 2. The Balaban J connectivity index is 2.14. The molecule has 1 heterocycles. The molecule has 2 rings (SSSR count). The average molecular weight is 287 g/mol. The molecule has 1 aromatic carbocycles. The van der Waals surface area contributed by atoms with Gasteiger partial charge in [0.25, 0.3) is 0 Å². The number of alkyl halides is 1. The van der Waals surface area contributed by atoms with Crippen LogP contribution in [0.15, 0.2) is 18.2 Å². The first-order valence-electron chi connectivity index (χ1n) is 5.48. The normalized spacial score (nSPS) is 17.8. The van der Waals surface area contributed by atoms with Crippen LogP contribution in [0.5, 0.6) is 0 Å². The summed E-state index contributed by atoms with van der Waals surface area (Å²) in [6.45, 7) is 3.81. The number of rotatable bonds is 2. The Hall–Kier alpha value is -0.610. The van der Waals surface area contributed by atoms with E-state index in [2.05, 4.69) is 32.8 Å². The van der Waals surface area contributed by atoms with E-state index in [-0.39, 0.29) is 5.82 Å². The zero-order chi connectivity index (χ0) is 11.5. The molecule has 1 aliphatic heterocycles. The largest absolute Gasteiger partial charge is 0.367 e. The lowest BCUT2D eigenvalue weighted by molar-refractivity contribution is 0.311. The Kier molecular flexibility index (Phi) is 3.82. The molecule has 4 heteroatoms. The van der Waals surface area contributed by atoms with Gasteiger partial charge in [-0.05, 0) is 24.7 Å². The first kappa shape index (κ1) is 11.9. The van der Waals surface area contributed by atoms with Crippen LogP contribution in [0.25, 0.3) is 0 Å². The lowest BCUT2D eigenvalue weighted by atomic mass is 10.2. The number of anilines is 1. The van der Waals surface area contributed by atoms with Crippen molar-refractivity contribution in [3.63, 3.8) is 0 Å². The van der Waals surface area contributed by atoms with Crippen molar-refractivity contribution in [1.29, 1.82) is 0 Å². The van der Waals surface area contributed by atoms with Gasteiger partial charge >= 0.3 is 0 Å². The van der Waals surface area contributed by atoms with Crippen LogP contribution in [0.2, 0.25) is 0 Å². The smallest absolute Gasteiger partial charge is 0.146 e. The summed E-state index contributed by atoms with van der Waals surface area (Å²) in [6.07, 6.45) is 0. The molecule has 0 atom stereocenters. The van der Waals surface area contributed by atoms with Crippen molar-refractivity contribution in [2.75, 3.05) is 38.1 Å². The number of piperazine rings is 1. The summed E-state index contributed by atoms with van der Waals surface area (Å²) in [5, 5.41) is 0.701.